The van der Waals surface area contributed by atoms with Crippen molar-refractivity contribution in [1.82, 2.24) is 14.9 Å². The number of alkyl halides is 3. The molecule has 3 aromatic rings. The largest absolute Gasteiger partial charge is 0.495 e. The number of nitrogens with one attached hydrogen (secondary N) is 3. The van der Waals surface area contributed by atoms with Gasteiger partial charge in [-0.25, -0.2) is 4.98 Å². The van der Waals surface area contributed by atoms with Gasteiger partial charge in [0.1, 0.15) is 24.4 Å². The van der Waals surface area contributed by atoms with Crippen molar-refractivity contribution in [3.05, 3.63) is 36.0 Å². The number of rotatable bonds is 9. The molecule has 2 aromatic heterocycles. The quantitative estimate of drug-likeness (QED) is 0.265. The summed E-state index contributed by atoms with van der Waals surface area (Å²) in [4.78, 5) is 9.45. The van der Waals surface area contributed by atoms with E-state index in [1.54, 1.807) is 6.07 Å². The topological polar surface area (TPSA) is 91.5 Å². The van der Waals surface area contributed by atoms with Gasteiger partial charge in [0.05, 0.1) is 30.4 Å². The Kier molecular flexibility index (Phi) is 7.13. The van der Waals surface area contributed by atoms with E-state index in [1.165, 1.54) is 33.1 Å². The highest BCUT2D eigenvalue weighted by Gasteiger charge is 2.37. The first kappa shape index (κ1) is 25.9. The van der Waals surface area contributed by atoms with Crippen LogP contribution in [-0.2, 0) is 15.5 Å². The molecular formula is C25H31F3N5O3P. The maximum atomic E-state index is 13.7. The molecular weight excluding hydrogens is 506 g/mol. The van der Waals surface area contributed by atoms with E-state index >= 15 is 0 Å². The first-order valence-electron chi connectivity index (χ1n) is 12.3. The van der Waals surface area contributed by atoms with E-state index in [1.807, 2.05) is 12.1 Å². The van der Waals surface area contributed by atoms with Gasteiger partial charge >= 0.3 is 6.18 Å². The van der Waals surface area contributed by atoms with E-state index < -0.39 is 18.9 Å². The van der Waals surface area contributed by atoms with Crippen LogP contribution in [0.4, 0.5) is 30.4 Å². The Balaban J connectivity index is 1.42. The minimum Gasteiger partial charge on any atom is -0.495 e. The Morgan fingerprint density at radius 3 is 2.57 bits per heavy atom. The molecule has 0 unspecified atom stereocenters. The number of aromatic nitrogens is 2. The number of halogens is 3. The number of fused-ring (bicyclic) bond motifs is 1. The summed E-state index contributed by atoms with van der Waals surface area (Å²) in [5.74, 6) is 0.828. The van der Waals surface area contributed by atoms with Crippen LogP contribution in [0.3, 0.4) is 0 Å². The van der Waals surface area contributed by atoms with Crippen molar-refractivity contribution in [3.63, 3.8) is 0 Å². The van der Waals surface area contributed by atoms with Gasteiger partial charge in [-0.1, -0.05) is 0 Å². The summed E-state index contributed by atoms with van der Waals surface area (Å²) < 4.78 is 65.1. The molecule has 1 aliphatic carbocycles. The summed E-state index contributed by atoms with van der Waals surface area (Å²) in [6, 6.07) is 7.65. The van der Waals surface area contributed by atoms with Gasteiger partial charge in [0.25, 0.3) is 0 Å². The highest BCUT2D eigenvalue weighted by molar-refractivity contribution is 7.71. The standard InChI is InChI=1S/C25H31F3N5O3P/c1-35-10-7-29-20-14-22(32-24-23(20)18(15-30-24)25(26,27)28)31-19-6-5-17(13-21(19)36-2)37(34)11-8-33(9-12-37)16-3-4-16/h5-6,13-16H,3-4,7-12H2,1-2H3,(H3,29,30,31,32). The summed E-state index contributed by atoms with van der Waals surface area (Å²) >= 11 is 0. The van der Waals surface area contributed by atoms with Crippen LogP contribution in [-0.4, -0.2) is 73.7 Å². The van der Waals surface area contributed by atoms with Gasteiger partial charge in [0, 0.05) is 68.4 Å². The number of nitrogens with zero attached hydrogens (tertiary/aromatic N) is 2. The summed E-state index contributed by atoms with van der Waals surface area (Å²) in [7, 11) is 0.530. The van der Waals surface area contributed by atoms with Crippen LogP contribution in [0.15, 0.2) is 30.5 Å². The number of pyridine rings is 1. The number of H-pyrrole nitrogens is 1. The number of ether oxygens (including phenoxy) is 2. The van der Waals surface area contributed by atoms with E-state index in [0.717, 1.165) is 24.6 Å². The van der Waals surface area contributed by atoms with E-state index in [9.17, 15) is 17.7 Å². The minimum atomic E-state index is -4.53. The molecule has 37 heavy (non-hydrogen) atoms. The van der Waals surface area contributed by atoms with Crippen LogP contribution in [0.5, 0.6) is 5.75 Å². The Morgan fingerprint density at radius 2 is 1.92 bits per heavy atom. The third-order valence-corrected chi connectivity index (χ3v) is 10.1. The smallest absolute Gasteiger partial charge is 0.418 e. The molecule has 2 aliphatic rings. The zero-order valence-corrected chi connectivity index (χ0v) is 21.7. The lowest BCUT2D eigenvalue weighted by atomic mass is 10.1. The average Bonchev–Trinajstić information content (AvgIpc) is 3.62. The third-order valence-electron chi connectivity index (χ3n) is 7.05. The monoisotopic (exact) mass is 537 g/mol. The first-order valence-corrected chi connectivity index (χ1v) is 14.4. The molecule has 1 saturated carbocycles. The molecule has 200 valence electrons. The molecule has 8 nitrogen and oxygen atoms in total. The number of methoxy groups -OCH3 is 2. The Labute approximate surface area is 213 Å². The normalized spacial score (nSPS) is 18.2. The van der Waals surface area contributed by atoms with Crippen molar-refractivity contribution in [2.24, 2.45) is 0 Å². The Hall–Kier alpha value is -2.75. The zero-order chi connectivity index (χ0) is 26.2. The molecule has 1 aromatic carbocycles. The highest BCUT2D eigenvalue weighted by Crippen LogP contribution is 2.49. The van der Waals surface area contributed by atoms with Crippen molar-refractivity contribution < 1.29 is 27.2 Å². The SMILES string of the molecule is COCCNc1cc(Nc2ccc(P3(=O)CCN(C4CC4)CC3)cc2OC)nc2[nH]cc(C(F)(F)F)c12. The molecule has 0 amide bonds. The van der Waals surface area contributed by atoms with Gasteiger partial charge in [-0.3, -0.25) is 4.90 Å². The lowest BCUT2D eigenvalue weighted by Crippen LogP contribution is -2.38. The van der Waals surface area contributed by atoms with Crippen LogP contribution in [0.25, 0.3) is 11.0 Å². The molecule has 0 radical (unpaired) electrons. The van der Waals surface area contributed by atoms with Gasteiger partial charge in [-0.2, -0.15) is 13.2 Å². The van der Waals surface area contributed by atoms with Gasteiger partial charge in [0.2, 0.25) is 0 Å². The predicted molar refractivity (Wildman–Crippen MR) is 139 cm³/mol. The van der Waals surface area contributed by atoms with E-state index in [0.29, 0.717) is 48.8 Å². The molecule has 2 fully saturated rings. The molecule has 0 spiro atoms. The molecule has 3 heterocycles. The number of hydrogen-bond donors (Lipinski definition) is 3. The average molecular weight is 538 g/mol. The lowest BCUT2D eigenvalue weighted by molar-refractivity contribution is -0.136. The molecule has 0 bridgehead atoms. The fraction of sp³-hybridized carbons (Fsp3) is 0.480. The summed E-state index contributed by atoms with van der Waals surface area (Å²) in [5.41, 5.74) is 0.160. The molecule has 1 saturated heterocycles. The maximum absolute atomic E-state index is 13.7. The number of benzene rings is 1. The van der Waals surface area contributed by atoms with E-state index in [-0.39, 0.29) is 16.7 Å². The predicted octanol–water partition coefficient (Wildman–Crippen LogP) is 4.86. The van der Waals surface area contributed by atoms with Crippen molar-refractivity contribution >= 4 is 40.7 Å². The molecule has 0 atom stereocenters. The maximum Gasteiger partial charge on any atom is 0.418 e. The second-order valence-corrected chi connectivity index (χ2v) is 12.7. The molecule has 12 heteroatoms. The fourth-order valence-electron chi connectivity index (χ4n) is 4.89. The second-order valence-electron chi connectivity index (χ2n) is 9.51. The fourth-order valence-corrected chi connectivity index (χ4v) is 7.49. The molecule has 1 aliphatic heterocycles. The van der Waals surface area contributed by atoms with Gasteiger partial charge < -0.3 is 29.7 Å². The summed E-state index contributed by atoms with van der Waals surface area (Å²) in [6.07, 6.45) is 0.178. The second kappa shape index (κ2) is 10.2. The number of anilines is 3. The van der Waals surface area contributed by atoms with Gasteiger partial charge in [-0.05, 0) is 31.0 Å². The Bertz CT molecular complexity index is 1310. The third kappa shape index (κ3) is 5.44. The van der Waals surface area contributed by atoms with E-state index in [4.69, 9.17) is 9.47 Å². The van der Waals surface area contributed by atoms with Crippen LogP contribution < -0.4 is 20.7 Å². The van der Waals surface area contributed by atoms with E-state index in [2.05, 4.69) is 25.5 Å². The van der Waals surface area contributed by atoms with Gasteiger partial charge in [0.15, 0.2) is 0 Å². The molecule has 3 N–H and O–H groups in total. The van der Waals surface area contributed by atoms with Crippen molar-refractivity contribution in [2.75, 3.05) is 63.4 Å². The van der Waals surface area contributed by atoms with Crippen LogP contribution in [0, 0.1) is 0 Å². The van der Waals surface area contributed by atoms with Gasteiger partial charge in [-0.15, -0.1) is 0 Å². The van der Waals surface area contributed by atoms with Crippen LogP contribution in [0.2, 0.25) is 0 Å². The number of aromatic amines is 1. The summed E-state index contributed by atoms with van der Waals surface area (Å²) in [5, 5.41) is 6.93. The summed E-state index contributed by atoms with van der Waals surface area (Å²) in [6.45, 7) is 2.35. The lowest BCUT2D eigenvalue weighted by Gasteiger charge is -2.32. The van der Waals surface area contributed by atoms with Crippen LogP contribution in [0.1, 0.15) is 18.4 Å². The zero-order valence-electron chi connectivity index (χ0n) is 20.8. The van der Waals surface area contributed by atoms with Crippen molar-refractivity contribution in [2.45, 2.75) is 25.1 Å². The number of hydrogen-bond acceptors (Lipinski definition) is 7. The molecule has 5 rings (SSSR count). The van der Waals surface area contributed by atoms with Crippen molar-refractivity contribution in [3.8, 4) is 5.75 Å². The van der Waals surface area contributed by atoms with Crippen LogP contribution >= 0.6 is 7.14 Å². The minimum absolute atomic E-state index is 0.0351. The van der Waals surface area contributed by atoms with Crippen molar-refractivity contribution in [1.29, 1.82) is 0 Å². The highest BCUT2D eigenvalue weighted by atomic mass is 31.2. The Morgan fingerprint density at radius 1 is 1.16 bits per heavy atom. The first-order chi connectivity index (χ1) is 17.7.